The first-order valence-corrected chi connectivity index (χ1v) is 7.95. The summed E-state index contributed by atoms with van der Waals surface area (Å²) in [6.07, 6.45) is 0.116. The van der Waals surface area contributed by atoms with Gasteiger partial charge in [0.15, 0.2) is 0 Å². The van der Waals surface area contributed by atoms with Crippen LogP contribution in [0.15, 0.2) is 0 Å². The van der Waals surface area contributed by atoms with Crippen molar-refractivity contribution in [2.45, 2.75) is 32.7 Å². The number of esters is 2. The highest BCUT2D eigenvalue weighted by molar-refractivity contribution is 7.99. The van der Waals surface area contributed by atoms with Gasteiger partial charge in [-0.25, -0.2) is 4.79 Å². The molecule has 6 nitrogen and oxygen atoms in total. The van der Waals surface area contributed by atoms with E-state index in [9.17, 15) is 14.4 Å². The number of nitrogens with zero attached hydrogens (tertiary/aromatic N) is 1. The molecular weight excluding hydrogens is 282 g/mol. The van der Waals surface area contributed by atoms with Crippen LogP contribution in [0.2, 0.25) is 0 Å². The largest absolute Gasteiger partial charge is 0.466 e. The first-order valence-electron chi connectivity index (χ1n) is 6.79. The Morgan fingerprint density at radius 3 is 2.50 bits per heavy atom. The Bertz CT molecular complexity index is 361. The lowest BCUT2D eigenvalue weighted by Gasteiger charge is -2.33. The van der Waals surface area contributed by atoms with Crippen molar-refractivity contribution in [3.8, 4) is 0 Å². The fourth-order valence-electron chi connectivity index (χ4n) is 1.92. The van der Waals surface area contributed by atoms with E-state index >= 15 is 0 Å². The van der Waals surface area contributed by atoms with Gasteiger partial charge in [-0.3, -0.25) is 9.59 Å². The highest BCUT2D eigenvalue weighted by atomic mass is 32.2. The van der Waals surface area contributed by atoms with E-state index in [4.69, 9.17) is 9.47 Å². The maximum absolute atomic E-state index is 12.1. The number of carbonyl (C=O) groups excluding carboxylic acids is 3. The van der Waals surface area contributed by atoms with Crippen LogP contribution in [0, 0.1) is 0 Å². The number of hydrogen-bond acceptors (Lipinski definition) is 6. The van der Waals surface area contributed by atoms with Gasteiger partial charge in [0.2, 0.25) is 5.91 Å². The van der Waals surface area contributed by atoms with Crippen LogP contribution < -0.4 is 0 Å². The van der Waals surface area contributed by atoms with Gasteiger partial charge >= 0.3 is 11.9 Å². The predicted octanol–water partition coefficient (Wildman–Crippen LogP) is 0.837. The second-order valence-corrected chi connectivity index (χ2v) is 5.38. The van der Waals surface area contributed by atoms with Crippen molar-refractivity contribution in [2.24, 2.45) is 0 Å². The Balaban J connectivity index is 2.54. The standard InChI is InChI=1S/C13H21NO5S/c1-3-18-12(16)6-5-11(15)14-7-8-20-9-10(14)13(17)19-4-2/h10H,3-9H2,1-2H3. The molecule has 0 spiro atoms. The molecule has 1 heterocycles. The van der Waals surface area contributed by atoms with Gasteiger partial charge < -0.3 is 14.4 Å². The molecule has 0 radical (unpaired) electrons. The highest BCUT2D eigenvalue weighted by Gasteiger charge is 2.33. The molecule has 7 heteroatoms. The summed E-state index contributed by atoms with van der Waals surface area (Å²) in [5.41, 5.74) is 0. The molecule has 1 fully saturated rings. The minimum absolute atomic E-state index is 0.0475. The zero-order valence-corrected chi connectivity index (χ0v) is 12.7. The Morgan fingerprint density at radius 2 is 1.85 bits per heavy atom. The van der Waals surface area contributed by atoms with Gasteiger partial charge in [0.05, 0.1) is 19.6 Å². The van der Waals surface area contributed by atoms with E-state index in [0.717, 1.165) is 5.75 Å². The van der Waals surface area contributed by atoms with Crippen LogP contribution in [0.4, 0.5) is 0 Å². The van der Waals surface area contributed by atoms with Crippen molar-refractivity contribution >= 4 is 29.6 Å². The first-order chi connectivity index (χ1) is 9.60. The summed E-state index contributed by atoms with van der Waals surface area (Å²) in [6.45, 7) is 4.57. The second-order valence-electron chi connectivity index (χ2n) is 4.23. The van der Waals surface area contributed by atoms with Gasteiger partial charge in [0.25, 0.3) is 0 Å². The quantitative estimate of drug-likeness (QED) is 0.677. The molecule has 0 bridgehead atoms. The van der Waals surface area contributed by atoms with Gasteiger partial charge in [-0.1, -0.05) is 0 Å². The van der Waals surface area contributed by atoms with Crippen LogP contribution in [0.3, 0.4) is 0 Å². The van der Waals surface area contributed by atoms with Crippen molar-refractivity contribution in [1.29, 1.82) is 0 Å². The third kappa shape index (κ3) is 5.03. The molecule has 1 amide bonds. The summed E-state index contributed by atoms with van der Waals surface area (Å²) in [4.78, 5) is 36.7. The average molecular weight is 303 g/mol. The second kappa shape index (κ2) is 8.84. The van der Waals surface area contributed by atoms with Gasteiger partial charge in [0.1, 0.15) is 6.04 Å². The molecule has 1 saturated heterocycles. The maximum atomic E-state index is 12.1. The Kier molecular flexibility index (Phi) is 7.43. The zero-order chi connectivity index (χ0) is 15.0. The lowest BCUT2D eigenvalue weighted by atomic mass is 10.2. The van der Waals surface area contributed by atoms with Gasteiger partial charge in [-0.05, 0) is 13.8 Å². The predicted molar refractivity (Wildman–Crippen MR) is 75.3 cm³/mol. The molecule has 1 aliphatic heterocycles. The van der Waals surface area contributed by atoms with Crippen LogP contribution in [-0.4, -0.2) is 60.1 Å². The molecule has 1 rings (SSSR count). The zero-order valence-electron chi connectivity index (χ0n) is 11.9. The number of rotatable bonds is 6. The van der Waals surface area contributed by atoms with Crippen LogP contribution in [0.5, 0.6) is 0 Å². The lowest BCUT2D eigenvalue weighted by Crippen LogP contribution is -2.51. The van der Waals surface area contributed by atoms with Crippen molar-refractivity contribution in [2.75, 3.05) is 31.3 Å². The minimum atomic E-state index is -0.539. The molecule has 0 aromatic rings. The number of ether oxygens (including phenoxy) is 2. The Labute approximate surface area is 123 Å². The average Bonchev–Trinajstić information content (AvgIpc) is 2.45. The van der Waals surface area contributed by atoms with Crippen molar-refractivity contribution in [3.05, 3.63) is 0 Å². The summed E-state index contributed by atoms with van der Waals surface area (Å²) in [7, 11) is 0. The van der Waals surface area contributed by atoms with Crippen molar-refractivity contribution in [1.82, 2.24) is 4.90 Å². The normalized spacial score (nSPS) is 18.5. The van der Waals surface area contributed by atoms with Crippen LogP contribution in [-0.2, 0) is 23.9 Å². The molecule has 0 aromatic heterocycles. The van der Waals surface area contributed by atoms with Gasteiger partial charge in [0, 0.05) is 24.5 Å². The van der Waals surface area contributed by atoms with E-state index in [1.165, 1.54) is 4.90 Å². The highest BCUT2D eigenvalue weighted by Crippen LogP contribution is 2.19. The maximum Gasteiger partial charge on any atom is 0.329 e. The third-order valence-corrected chi connectivity index (χ3v) is 3.88. The Hall–Kier alpha value is -1.24. The first kappa shape index (κ1) is 16.8. The van der Waals surface area contributed by atoms with Crippen LogP contribution in [0.25, 0.3) is 0 Å². The summed E-state index contributed by atoms with van der Waals surface area (Å²) in [6, 6.07) is -0.539. The summed E-state index contributed by atoms with van der Waals surface area (Å²) in [5, 5.41) is 0. The van der Waals surface area contributed by atoms with Crippen LogP contribution in [0.1, 0.15) is 26.7 Å². The van der Waals surface area contributed by atoms with Crippen molar-refractivity contribution < 1.29 is 23.9 Å². The smallest absolute Gasteiger partial charge is 0.329 e. The number of amides is 1. The molecule has 0 N–H and O–H groups in total. The van der Waals surface area contributed by atoms with Gasteiger partial charge in [-0.15, -0.1) is 0 Å². The van der Waals surface area contributed by atoms with E-state index < -0.39 is 6.04 Å². The topological polar surface area (TPSA) is 72.9 Å². The van der Waals surface area contributed by atoms with E-state index in [2.05, 4.69) is 0 Å². The van der Waals surface area contributed by atoms with E-state index in [0.29, 0.717) is 25.5 Å². The van der Waals surface area contributed by atoms with E-state index in [-0.39, 0.29) is 30.7 Å². The molecule has 114 valence electrons. The SMILES string of the molecule is CCOC(=O)CCC(=O)N1CCSCC1C(=O)OCC. The number of thioether (sulfide) groups is 1. The third-order valence-electron chi connectivity index (χ3n) is 2.86. The molecule has 0 saturated carbocycles. The van der Waals surface area contributed by atoms with Crippen LogP contribution >= 0.6 is 11.8 Å². The molecule has 0 aliphatic carbocycles. The minimum Gasteiger partial charge on any atom is -0.466 e. The number of hydrogen-bond donors (Lipinski definition) is 0. The van der Waals surface area contributed by atoms with Gasteiger partial charge in [-0.2, -0.15) is 11.8 Å². The van der Waals surface area contributed by atoms with Crippen molar-refractivity contribution in [3.63, 3.8) is 0 Å². The van der Waals surface area contributed by atoms with E-state index in [1.807, 2.05) is 0 Å². The number of carbonyl (C=O) groups is 3. The monoisotopic (exact) mass is 303 g/mol. The molecule has 20 heavy (non-hydrogen) atoms. The molecule has 1 unspecified atom stereocenters. The summed E-state index contributed by atoms with van der Waals surface area (Å²) < 4.78 is 9.78. The fraction of sp³-hybridized carbons (Fsp3) is 0.769. The molecule has 1 atom stereocenters. The van der Waals surface area contributed by atoms with E-state index in [1.54, 1.807) is 25.6 Å². The molecular formula is C13H21NO5S. The fourth-order valence-corrected chi connectivity index (χ4v) is 2.95. The summed E-state index contributed by atoms with van der Waals surface area (Å²) in [5.74, 6) is 0.380. The lowest BCUT2D eigenvalue weighted by molar-refractivity contribution is -0.154. The Morgan fingerprint density at radius 1 is 1.15 bits per heavy atom. The molecule has 0 aromatic carbocycles. The molecule has 1 aliphatic rings. The summed E-state index contributed by atoms with van der Waals surface area (Å²) >= 11 is 1.62.